The highest BCUT2D eigenvalue weighted by Crippen LogP contribution is 2.42. The summed E-state index contributed by atoms with van der Waals surface area (Å²) in [5.41, 5.74) is 5.02. The van der Waals surface area contributed by atoms with Crippen molar-refractivity contribution in [3.63, 3.8) is 0 Å². The molecular formula is C29H27NO4S2. The number of hydrogen-bond donors (Lipinski definition) is 1. The van der Waals surface area contributed by atoms with Gasteiger partial charge in [0.05, 0.1) is 11.6 Å². The molecule has 0 bridgehead atoms. The second-order valence-corrected chi connectivity index (χ2v) is 11.5. The van der Waals surface area contributed by atoms with Crippen LogP contribution < -0.4 is 4.74 Å². The van der Waals surface area contributed by atoms with Gasteiger partial charge in [0.1, 0.15) is 11.5 Å². The highest BCUT2D eigenvalue weighted by molar-refractivity contribution is 7.93. The molecule has 5 rings (SSSR count). The lowest BCUT2D eigenvalue weighted by atomic mass is 9.92. The van der Waals surface area contributed by atoms with Crippen molar-refractivity contribution < 1.29 is 19.2 Å². The Kier molecular flexibility index (Phi) is 7.41. The number of hydrogen-bond acceptors (Lipinski definition) is 5. The summed E-state index contributed by atoms with van der Waals surface area (Å²) in [6.45, 7) is 1.80. The van der Waals surface area contributed by atoms with Gasteiger partial charge < -0.3 is 14.4 Å². The number of thiazole rings is 1. The maximum Gasteiger partial charge on any atom is 0.344 e. The Morgan fingerprint density at radius 1 is 1.03 bits per heavy atom. The van der Waals surface area contributed by atoms with E-state index in [9.17, 15) is 14.5 Å². The lowest BCUT2D eigenvalue weighted by Gasteiger charge is -2.21. The summed E-state index contributed by atoms with van der Waals surface area (Å²) in [5, 5.41) is 9.43. The maximum atomic E-state index is 13.6. The van der Waals surface area contributed by atoms with E-state index in [1.807, 2.05) is 54.6 Å². The number of benzene rings is 3. The van der Waals surface area contributed by atoms with Crippen molar-refractivity contribution in [1.82, 2.24) is 4.98 Å². The van der Waals surface area contributed by atoms with Crippen LogP contribution in [0.3, 0.4) is 0 Å². The number of carbonyl (C=O) groups is 1. The molecule has 5 nitrogen and oxygen atoms in total. The minimum absolute atomic E-state index is 0.00319. The SMILES string of the molecule is CCC(Oc1cccc2c1CCc1sc([S+]([O-])CC(c3ccccc3)c3ccccc3)nc1-2)C(=O)O. The van der Waals surface area contributed by atoms with Crippen molar-refractivity contribution in [3.05, 3.63) is 100 Å². The van der Waals surface area contributed by atoms with Gasteiger partial charge in [0.25, 0.3) is 0 Å². The largest absolute Gasteiger partial charge is 0.610 e. The number of rotatable bonds is 9. The summed E-state index contributed by atoms with van der Waals surface area (Å²) in [5.74, 6) is 0.0804. The van der Waals surface area contributed by atoms with Crippen LogP contribution in [0.4, 0.5) is 0 Å². The van der Waals surface area contributed by atoms with Crippen LogP contribution in [0.1, 0.15) is 40.8 Å². The summed E-state index contributed by atoms with van der Waals surface area (Å²) >= 11 is 0.243. The Labute approximate surface area is 218 Å². The van der Waals surface area contributed by atoms with E-state index in [0.717, 1.165) is 45.7 Å². The molecule has 3 aromatic carbocycles. The summed E-state index contributed by atoms with van der Waals surface area (Å²) in [6.07, 6.45) is 1.000. The first-order chi connectivity index (χ1) is 17.5. The van der Waals surface area contributed by atoms with Gasteiger partial charge in [-0.1, -0.05) is 91.1 Å². The van der Waals surface area contributed by atoms with Gasteiger partial charge in [0, 0.05) is 27.2 Å². The highest BCUT2D eigenvalue weighted by Gasteiger charge is 2.30. The molecule has 1 aromatic heterocycles. The van der Waals surface area contributed by atoms with Crippen molar-refractivity contribution in [2.24, 2.45) is 0 Å². The lowest BCUT2D eigenvalue weighted by molar-refractivity contribution is -0.145. The first-order valence-corrected chi connectivity index (χ1v) is 14.2. The average molecular weight is 518 g/mol. The van der Waals surface area contributed by atoms with Crippen LogP contribution in [-0.2, 0) is 28.8 Å². The quantitative estimate of drug-likeness (QED) is 0.272. The molecule has 0 aliphatic heterocycles. The second-order valence-electron chi connectivity index (χ2n) is 8.77. The van der Waals surface area contributed by atoms with E-state index in [2.05, 4.69) is 24.3 Å². The second kappa shape index (κ2) is 10.9. The molecule has 0 spiro atoms. The van der Waals surface area contributed by atoms with E-state index < -0.39 is 23.2 Å². The van der Waals surface area contributed by atoms with Crippen molar-refractivity contribution in [3.8, 4) is 17.0 Å². The zero-order valence-corrected chi connectivity index (χ0v) is 21.6. The van der Waals surface area contributed by atoms with Crippen LogP contribution >= 0.6 is 11.3 Å². The molecule has 0 amide bonds. The number of nitrogens with zero attached hydrogens (tertiary/aromatic N) is 1. The lowest BCUT2D eigenvalue weighted by Crippen LogP contribution is -2.26. The summed E-state index contributed by atoms with van der Waals surface area (Å²) < 4.78 is 20.1. The summed E-state index contributed by atoms with van der Waals surface area (Å²) in [6, 6.07) is 26.1. The van der Waals surface area contributed by atoms with E-state index in [1.54, 1.807) is 6.92 Å². The number of fused-ring (bicyclic) bond motifs is 3. The Morgan fingerprint density at radius 2 is 1.69 bits per heavy atom. The normalized spacial score (nSPS) is 14.1. The van der Waals surface area contributed by atoms with Crippen molar-refractivity contribution in [2.75, 3.05) is 5.75 Å². The molecule has 1 aliphatic carbocycles. The molecular weight excluding hydrogens is 490 g/mol. The smallest absolute Gasteiger partial charge is 0.344 e. The molecule has 0 saturated heterocycles. The van der Waals surface area contributed by atoms with Gasteiger partial charge in [-0.3, -0.25) is 0 Å². The minimum atomic E-state index is -1.28. The van der Waals surface area contributed by atoms with E-state index in [1.165, 1.54) is 11.3 Å². The van der Waals surface area contributed by atoms with E-state index >= 15 is 0 Å². The third kappa shape index (κ3) is 5.05. The maximum absolute atomic E-state index is 13.6. The Hall–Kier alpha value is -3.13. The van der Waals surface area contributed by atoms with Crippen LogP contribution in [0.5, 0.6) is 5.75 Å². The Morgan fingerprint density at radius 3 is 2.31 bits per heavy atom. The third-order valence-electron chi connectivity index (χ3n) is 6.50. The first kappa shape index (κ1) is 24.6. The zero-order chi connectivity index (χ0) is 25.1. The van der Waals surface area contributed by atoms with Gasteiger partial charge in [0.2, 0.25) is 0 Å². The number of aromatic nitrogens is 1. The monoisotopic (exact) mass is 517 g/mol. The van der Waals surface area contributed by atoms with E-state index in [-0.39, 0.29) is 5.92 Å². The Balaban J connectivity index is 1.43. The number of aliphatic carboxylic acids is 1. The fourth-order valence-electron chi connectivity index (χ4n) is 4.64. The number of ether oxygens (including phenoxy) is 1. The molecule has 2 atom stereocenters. The van der Waals surface area contributed by atoms with Gasteiger partial charge in [0.15, 0.2) is 6.10 Å². The number of carboxylic acid groups (broad SMARTS) is 1. The predicted molar refractivity (Wildman–Crippen MR) is 143 cm³/mol. The van der Waals surface area contributed by atoms with Gasteiger partial charge in [-0.25, -0.2) is 4.79 Å². The minimum Gasteiger partial charge on any atom is -0.610 e. The van der Waals surface area contributed by atoms with Gasteiger partial charge in [-0.2, -0.15) is 4.98 Å². The molecule has 7 heteroatoms. The molecule has 2 unspecified atom stereocenters. The third-order valence-corrected chi connectivity index (χ3v) is 9.33. The van der Waals surface area contributed by atoms with Crippen LogP contribution in [0.2, 0.25) is 0 Å². The van der Waals surface area contributed by atoms with Crippen LogP contribution in [0.25, 0.3) is 11.3 Å². The highest BCUT2D eigenvalue weighted by atomic mass is 32.2. The number of carboxylic acids is 1. The predicted octanol–water partition coefficient (Wildman–Crippen LogP) is 6.09. The molecule has 0 radical (unpaired) electrons. The fraction of sp³-hybridized carbons (Fsp3) is 0.241. The topological polar surface area (TPSA) is 82.5 Å². The van der Waals surface area contributed by atoms with Crippen LogP contribution in [0, 0.1) is 0 Å². The van der Waals surface area contributed by atoms with Crippen molar-refractivity contribution in [1.29, 1.82) is 0 Å². The molecule has 0 fully saturated rings. The molecule has 0 saturated carbocycles. The molecule has 1 N–H and O–H groups in total. The molecule has 184 valence electrons. The van der Waals surface area contributed by atoms with Gasteiger partial charge >= 0.3 is 10.3 Å². The summed E-state index contributed by atoms with van der Waals surface area (Å²) in [4.78, 5) is 17.5. The van der Waals surface area contributed by atoms with E-state index in [0.29, 0.717) is 22.3 Å². The van der Waals surface area contributed by atoms with Gasteiger partial charge in [-0.05, 0) is 36.5 Å². The molecule has 1 heterocycles. The average Bonchev–Trinajstić information content (AvgIpc) is 3.36. The molecule has 36 heavy (non-hydrogen) atoms. The van der Waals surface area contributed by atoms with Gasteiger partial charge in [-0.15, -0.1) is 0 Å². The fourth-order valence-corrected chi connectivity index (χ4v) is 7.35. The van der Waals surface area contributed by atoms with Crippen LogP contribution in [0.15, 0.2) is 83.2 Å². The van der Waals surface area contributed by atoms with Crippen molar-refractivity contribution >= 4 is 28.5 Å². The Bertz CT molecular complexity index is 1300. The summed E-state index contributed by atoms with van der Waals surface area (Å²) in [7, 11) is 0. The molecule has 1 aliphatic rings. The standard InChI is InChI=1S/C29H27NO4S2/c1-2-24(28(31)32)34-25-15-9-14-22-21(25)16-17-26-27(22)30-29(35-26)36(33)18-23(19-10-5-3-6-11-19)20-12-7-4-8-13-20/h3-15,23-24H,2,16-18H2,1H3,(H,31,32). The van der Waals surface area contributed by atoms with E-state index in [4.69, 9.17) is 9.72 Å². The van der Waals surface area contributed by atoms with Crippen LogP contribution in [-0.4, -0.2) is 32.5 Å². The molecule has 4 aromatic rings. The first-order valence-electron chi connectivity index (χ1n) is 12.0. The zero-order valence-electron chi connectivity index (χ0n) is 19.9. The van der Waals surface area contributed by atoms with Crippen molar-refractivity contribution in [2.45, 2.75) is 42.5 Å². The number of aryl methyl sites for hydroxylation is 1.